The number of amides is 3. The van der Waals surface area contributed by atoms with Crippen LogP contribution in [0, 0.1) is 5.92 Å². The van der Waals surface area contributed by atoms with E-state index in [2.05, 4.69) is 25.9 Å². The number of rotatable bonds is 15. The number of aromatic amines is 1. The summed E-state index contributed by atoms with van der Waals surface area (Å²) in [5.74, 6) is -1.11. The maximum absolute atomic E-state index is 13.8. The van der Waals surface area contributed by atoms with E-state index in [1.807, 2.05) is 30.3 Å². The van der Waals surface area contributed by atoms with Gasteiger partial charge < -0.3 is 46.1 Å². The molecule has 0 saturated heterocycles. The van der Waals surface area contributed by atoms with Crippen LogP contribution >= 0.6 is 0 Å². The van der Waals surface area contributed by atoms with Crippen LogP contribution in [0.4, 0.5) is 4.79 Å². The Kier molecular flexibility index (Phi) is 13.8. The summed E-state index contributed by atoms with van der Waals surface area (Å²) in [6.07, 6.45) is 2.67. The fourth-order valence-electron chi connectivity index (χ4n) is 5.52. The van der Waals surface area contributed by atoms with Gasteiger partial charge in [0, 0.05) is 19.0 Å². The summed E-state index contributed by atoms with van der Waals surface area (Å²) in [7, 11) is 0. The van der Waals surface area contributed by atoms with Crippen molar-refractivity contribution in [3.8, 4) is 0 Å². The highest BCUT2D eigenvalue weighted by molar-refractivity contribution is 5.91. The molecule has 1 aromatic heterocycles. The number of benzene rings is 1. The SMILES string of the molecule is CC(C)(C)OC(=O)N[C@@H](Cc1ccccc1)C(=O)N[C@@H](Cc1c[nH]cn1)C(=O)N[C@@H](CC1CCCCC1)[C@@H](O)[C@@H](O)[C@@H](O)CO. The van der Waals surface area contributed by atoms with Gasteiger partial charge in [-0.25, -0.2) is 9.78 Å². The lowest BCUT2D eigenvalue weighted by molar-refractivity contribution is -0.132. The molecule has 1 saturated carbocycles. The van der Waals surface area contributed by atoms with Crippen molar-refractivity contribution in [2.45, 2.75) is 114 Å². The predicted molar refractivity (Wildman–Crippen MR) is 166 cm³/mol. The summed E-state index contributed by atoms with van der Waals surface area (Å²) in [5, 5.41) is 49.1. The van der Waals surface area contributed by atoms with E-state index < -0.39 is 66.6 Å². The Labute approximate surface area is 264 Å². The summed E-state index contributed by atoms with van der Waals surface area (Å²) in [6.45, 7) is 4.35. The summed E-state index contributed by atoms with van der Waals surface area (Å²) < 4.78 is 5.38. The minimum absolute atomic E-state index is 0.0143. The summed E-state index contributed by atoms with van der Waals surface area (Å²) >= 11 is 0. The normalized spacial score (nSPS) is 18.1. The number of hydrogen-bond acceptors (Lipinski definition) is 9. The number of alkyl carbamates (subject to hydrolysis) is 1. The van der Waals surface area contributed by atoms with Gasteiger partial charge >= 0.3 is 6.09 Å². The molecular weight excluding hydrogens is 582 g/mol. The van der Waals surface area contributed by atoms with E-state index in [4.69, 9.17) is 4.74 Å². The number of ether oxygens (including phenoxy) is 1. The largest absolute Gasteiger partial charge is 0.444 e. The van der Waals surface area contributed by atoms with E-state index in [9.17, 15) is 34.8 Å². The first-order valence-corrected chi connectivity index (χ1v) is 15.6. The number of aromatic nitrogens is 2. The molecule has 2 aromatic rings. The molecule has 1 heterocycles. The number of nitrogens with one attached hydrogen (secondary N) is 4. The summed E-state index contributed by atoms with van der Waals surface area (Å²) in [4.78, 5) is 47.3. The van der Waals surface area contributed by atoms with Crippen LogP contribution in [0.2, 0.25) is 0 Å². The Morgan fingerprint density at radius 3 is 2.18 bits per heavy atom. The Hall–Kier alpha value is -3.52. The van der Waals surface area contributed by atoms with Crippen LogP contribution in [0.5, 0.6) is 0 Å². The number of H-pyrrole nitrogens is 1. The van der Waals surface area contributed by atoms with Gasteiger partial charge in [-0.1, -0.05) is 62.4 Å². The van der Waals surface area contributed by atoms with E-state index in [1.54, 1.807) is 27.0 Å². The average Bonchev–Trinajstić information content (AvgIpc) is 3.52. The second-order valence-corrected chi connectivity index (χ2v) is 12.8. The maximum atomic E-state index is 13.8. The number of aliphatic hydroxyl groups is 4. The Bertz CT molecular complexity index is 1180. The van der Waals surface area contributed by atoms with Gasteiger partial charge in [-0.05, 0) is 38.7 Å². The van der Waals surface area contributed by atoms with E-state index in [-0.39, 0.29) is 18.8 Å². The van der Waals surface area contributed by atoms with Gasteiger partial charge in [-0.15, -0.1) is 0 Å². The summed E-state index contributed by atoms with van der Waals surface area (Å²) in [6, 6.07) is 5.83. The molecule has 6 atom stereocenters. The molecule has 0 spiro atoms. The van der Waals surface area contributed by atoms with Gasteiger partial charge in [0.05, 0.1) is 24.7 Å². The fourth-order valence-corrected chi connectivity index (χ4v) is 5.52. The Morgan fingerprint density at radius 1 is 0.933 bits per heavy atom. The van der Waals surface area contributed by atoms with E-state index in [1.165, 1.54) is 6.33 Å². The van der Waals surface area contributed by atoms with Gasteiger partial charge in [-0.2, -0.15) is 0 Å². The van der Waals surface area contributed by atoms with Crippen molar-refractivity contribution < 1.29 is 39.5 Å². The van der Waals surface area contributed by atoms with E-state index >= 15 is 0 Å². The second kappa shape index (κ2) is 17.2. The van der Waals surface area contributed by atoms with Crippen molar-refractivity contribution in [2.75, 3.05) is 6.61 Å². The first-order valence-electron chi connectivity index (χ1n) is 15.6. The van der Waals surface area contributed by atoms with Crippen LogP contribution in [0.25, 0.3) is 0 Å². The highest BCUT2D eigenvalue weighted by atomic mass is 16.6. The van der Waals surface area contributed by atoms with Crippen LogP contribution in [0.3, 0.4) is 0 Å². The molecule has 1 aliphatic rings. The molecular formula is C32H49N5O8. The molecule has 1 aromatic carbocycles. The van der Waals surface area contributed by atoms with Crippen LogP contribution in [0.15, 0.2) is 42.9 Å². The highest BCUT2D eigenvalue weighted by Crippen LogP contribution is 2.28. The number of carbonyl (C=O) groups excluding carboxylic acids is 3. The average molecular weight is 632 g/mol. The third kappa shape index (κ3) is 12.1. The van der Waals surface area contributed by atoms with Gasteiger partial charge in [-0.3, -0.25) is 9.59 Å². The maximum Gasteiger partial charge on any atom is 0.408 e. The number of aliphatic hydroxyl groups excluding tert-OH is 4. The summed E-state index contributed by atoms with van der Waals surface area (Å²) in [5.41, 5.74) is 0.451. The molecule has 1 fully saturated rings. The molecule has 0 bridgehead atoms. The molecule has 13 heteroatoms. The number of imidazole rings is 1. The predicted octanol–water partition coefficient (Wildman–Crippen LogP) is 1.10. The highest BCUT2D eigenvalue weighted by Gasteiger charge is 2.36. The van der Waals surface area contributed by atoms with Crippen LogP contribution < -0.4 is 16.0 Å². The minimum Gasteiger partial charge on any atom is -0.444 e. The molecule has 1 aliphatic carbocycles. The molecule has 3 rings (SSSR count). The molecule has 8 N–H and O–H groups in total. The van der Waals surface area contributed by atoms with Crippen molar-refractivity contribution in [3.05, 3.63) is 54.1 Å². The van der Waals surface area contributed by atoms with Gasteiger partial charge in [0.25, 0.3) is 0 Å². The van der Waals surface area contributed by atoms with Crippen molar-refractivity contribution in [1.29, 1.82) is 0 Å². The lowest BCUT2D eigenvalue weighted by Gasteiger charge is -2.34. The standard InChI is InChI=1S/C32H49N5O8/c1-32(2,3)45-31(44)37-24(15-21-12-8-5-9-13-21)29(42)36-25(16-22-17-33-19-34-22)30(43)35-23(14-20-10-6-4-7-11-20)27(40)28(41)26(39)18-38/h5,8-9,12-13,17,19-20,23-28,38-41H,4,6-7,10-11,14-16,18H2,1-3H3,(H,33,34)(H,35,43)(H,36,42)(H,37,44)/t23-,24-,25-,26-,27+,28-/m0/s1. The van der Waals surface area contributed by atoms with Crippen LogP contribution in [-0.4, -0.2) is 96.9 Å². The first-order chi connectivity index (χ1) is 21.4. The fraction of sp³-hybridized carbons (Fsp3) is 0.625. The lowest BCUT2D eigenvalue weighted by Crippen LogP contribution is -2.59. The zero-order valence-electron chi connectivity index (χ0n) is 26.3. The molecule has 0 aliphatic heterocycles. The molecule has 45 heavy (non-hydrogen) atoms. The third-order valence-corrected chi connectivity index (χ3v) is 7.87. The monoisotopic (exact) mass is 631 g/mol. The molecule has 13 nitrogen and oxygen atoms in total. The van der Waals surface area contributed by atoms with Gasteiger partial charge in [0.2, 0.25) is 11.8 Å². The molecule has 0 unspecified atom stereocenters. The number of hydrogen-bond donors (Lipinski definition) is 8. The smallest absolute Gasteiger partial charge is 0.408 e. The zero-order chi connectivity index (χ0) is 33.0. The van der Waals surface area contributed by atoms with Crippen LogP contribution in [0.1, 0.15) is 70.6 Å². The van der Waals surface area contributed by atoms with Crippen molar-refractivity contribution in [3.63, 3.8) is 0 Å². The van der Waals surface area contributed by atoms with Crippen molar-refractivity contribution >= 4 is 17.9 Å². The zero-order valence-corrected chi connectivity index (χ0v) is 26.3. The molecule has 0 radical (unpaired) electrons. The topological polar surface area (TPSA) is 206 Å². The van der Waals surface area contributed by atoms with E-state index in [0.717, 1.165) is 37.7 Å². The number of nitrogens with zero attached hydrogens (tertiary/aromatic N) is 1. The van der Waals surface area contributed by atoms with E-state index in [0.29, 0.717) is 12.1 Å². The minimum atomic E-state index is -1.71. The van der Waals surface area contributed by atoms with Gasteiger partial charge in [0.15, 0.2) is 0 Å². The van der Waals surface area contributed by atoms with Crippen molar-refractivity contribution in [1.82, 2.24) is 25.9 Å². The second-order valence-electron chi connectivity index (χ2n) is 12.8. The van der Waals surface area contributed by atoms with Crippen molar-refractivity contribution in [2.24, 2.45) is 5.92 Å². The first kappa shape index (κ1) is 36.0. The molecule has 3 amide bonds. The number of carbonyl (C=O) groups is 3. The van der Waals surface area contributed by atoms with Crippen LogP contribution in [-0.2, 0) is 27.2 Å². The molecule has 250 valence electrons. The Morgan fingerprint density at radius 2 is 1.58 bits per heavy atom. The Balaban J connectivity index is 1.84. The quantitative estimate of drug-likeness (QED) is 0.141. The van der Waals surface area contributed by atoms with Gasteiger partial charge in [0.1, 0.15) is 36.0 Å². The third-order valence-electron chi connectivity index (χ3n) is 7.87. The lowest BCUT2D eigenvalue weighted by atomic mass is 9.82.